The first-order chi connectivity index (χ1) is 10.7. The second-order valence-corrected chi connectivity index (χ2v) is 4.95. The Labute approximate surface area is 129 Å². The monoisotopic (exact) mass is 308 g/mol. The molecular formula is C16H21FN2O3. The van der Waals surface area contributed by atoms with Crippen LogP contribution in [0.2, 0.25) is 0 Å². The van der Waals surface area contributed by atoms with Crippen LogP contribution in [0, 0.1) is 5.82 Å². The zero-order valence-electron chi connectivity index (χ0n) is 12.6. The number of ether oxygens (including phenoxy) is 3. The Bertz CT molecular complexity index is 548. The van der Waals surface area contributed by atoms with Crippen molar-refractivity contribution in [1.82, 2.24) is 0 Å². The lowest BCUT2D eigenvalue weighted by Gasteiger charge is -2.31. The van der Waals surface area contributed by atoms with Gasteiger partial charge in [-0.2, -0.15) is 0 Å². The average Bonchev–Trinajstić information content (AvgIpc) is 2.49. The van der Waals surface area contributed by atoms with E-state index in [2.05, 4.69) is 11.6 Å². The van der Waals surface area contributed by atoms with Gasteiger partial charge in [-0.05, 0) is 6.07 Å². The maximum atomic E-state index is 13.3. The molecule has 0 amide bonds. The van der Waals surface area contributed by atoms with Crippen LogP contribution in [0.5, 0.6) is 5.75 Å². The molecule has 2 rings (SSSR count). The fourth-order valence-corrected chi connectivity index (χ4v) is 2.29. The summed E-state index contributed by atoms with van der Waals surface area (Å²) in [4.78, 5) is 4.51. The first kappa shape index (κ1) is 16.5. The van der Waals surface area contributed by atoms with Gasteiger partial charge >= 0.3 is 0 Å². The molecule has 0 aromatic heterocycles. The second kappa shape index (κ2) is 7.91. The number of benzene rings is 1. The van der Waals surface area contributed by atoms with Crippen LogP contribution in [0.1, 0.15) is 18.0 Å². The molecule has 2 atom stereocenters. The van der Waals surface area contributed by atoms with E-state index in [4.69, 9.17) is 19.9 Å². The van der Waals surface area contributed by atoms with Gasteiger partial charge in [0, 0.05) is 25.2 Å². The minimum Gasteiger partial charge on any atom is -0.490 e. The van der Waals surface area contributed by atoms with Crippen molar-refractivity contribution in [1.29, 1.82) is 0 Å². The molecule has 0 radical (unpaired) electrons. The zero-order chi connectivity index (χ0) is 15.9. The molecule has 0 unspecified atom stereocenters. The minimum absolute atomic E-state index is 0.287. The number of aliphatic imine (C=N–C) groups is 1. The van der Waals surface area contributed by atoms with Gasteiger partial charge in [-0.1, -0.05) is 12.1 Å². The van der Waals surface area contributed by atoms with Gasteiger partial charge in [-0.15, -0.1) is 6.58 Å². The van der Waals surface area contributed by atoms with E-state index in [9.17, 15) is 4.39 Å². The predicted molar refractivity (Wildman–Crippen MR) is 82.7 cm³/mol. The fourth-order valence-electron chi connectivity index (χ4n) is 2.29. The molecule has 0 aliphatic carbocycles. The Morgan fingerprint density at radius 3 is 3.09 bits per heavy atom. The summed E-state index contributed by atoms with van der Waals surface area (Å²) in [6.07, 6.45) is 1.87. The van der Waals surface area contributed by atoms with Crippen LogP contribution in [-0.4, -0.2) is 38.9 Å². The molecule has 6 heteroatoms. The quantitative estimate of drug-likeness (QED) is 0.363. The Hall–Kier alpha value is -1.92. The number of amidine groups is 1. The third-order valence-corrected chi connectivity index (χ3v) is 3.33. The molecule has 22 heavy (non-hydrogen) atoms. The number of hydrogen-bond acceptors (Lipinski definition) is 4. The molecule has 120 valence electrons. The largest absolute Gasteiger partial charge is 0.490 e. The molecular weight excluding hydrogens is 287 g/mol. The third-order valence-electron chi connectivity index (χ3n) is 3.33. The van der Waals surface area contributed by atoms with Crippen LogP contribution in [0.3, 0.4) is 0 Å². The van der Waals surface area contributed by atoms with Crippen molar-refractivity contribution < 1.29 is 18.6 Å². The van der Waals surface area contributed by atoms with E-state index in [1.807, 2.05) is 0 Å². The van der Waals surface area contributed by atoms with E-state index in [1.165, 1.54) is 12.1 Å². The Morgan fingerprint density at radius 1 is 1.55 bits per heavy atom. The normalized spacial score (nSPS) is 21.1. The second-order valence-electron chi connectivity index (χ2n) is 4.95. The molecule has 5 nitrogen and oxygen atoms in total. The van der Waals surface area contributed by atoms with Gasteiger partial charge in [0.2, 0.25) is 0 Å². The third kappa shape index (κ3) is 4.05. The summed E-state index contributed by atoms with van der Waals surface area (Å²) in [5.41, 5.74) is 6.67. The molecule has 0 bridgehead atoms. The van der Waals surface area contributed by atoms with E-state index in [1.54, 1.807) is 19.3 Å². The number of nitrogens with two attached hydrogens (primary N) is 1. The summed E-state index contributed by atoms with van der Waals surface area (Å²) in [6, 6.07) is 4.06. The predicted octanol–water partition coefficient (Wildman–Crippen LogP) is 2.22. The van der Waals surface area contributed by atoms with E-state index in [-0.39, 0.29) is 24.6 Å². The highest BCUT2D eigenvalue weighted by molar-refractivity contribution is 5.82. The van der Waals surface area contributed by atoms with Crippen molar-refractivity contribution in [3.8, 4) is 5.75 Å². The van der Waals surface area contributed by atoms with Crippen molar-refractivity contribution in [3.05, 3.63) is 42.2 Å². The molecule has 1 aliphatic heterocycles. The molecule has 2 N–H and O–H groups in total. The number of halogens is 1. The SMILES string of the molecule is C=CCC(N)=N[C@H]1c2ccc(F)cc2OC[C@@H]1OCCOC. The minimum atomic E-state index is -0.348. The Balaban J connectivity index is 2.26. The van der Waals surface area contributed by atoms with Crippen LogP contribution in [-0.2, 0) is 9.47 Å². The van der Waals surface area contributed by atoms with Crippen LogP contribution in [0.15, 0.2) is 35.8 Å². The smallest absolute Gasteiger partial charge is 0.127 e. The van der Waals surface area contributed by atoms with Crippen LogP contribution in [0.4, 0.5) is 4.39 Å². The molecule has 0 saturated carbocycles. The molecule has 1 heterocycles. The number of methoxy groups -OCH3 is 1. The van der Waals surface area contributed by atoms with E-state index in [0.717, 1.165) is 5.56 Å². The maximum absolute atomic E-state index is 13.3. The molecule has 1 aromatic carbocycles. The van der Waals surface area contributed by atoms with Crippen LogP contribution >= 0.6 is 0 Å². The molecule has 0 spiro atoms. The summed E-state index contributed by atoms with van der Waals surface area (Å²) in [5, 5.41) is 0. The topological polar surface area (TPSA) is 66.1 Å². The molecule has 1 aliphatic rings. The summed E-state index contributed by atoms with van der Waals surface area (Å²) in [7, 11) is 1.61. The van der Waals surface area contributed by atoms with E-state index < -0.39 is 0 Å². The summed E-state index contributed by atoms with van der Waals surface area (Å²) >= 11 is 0. The standard InChI is InChI=1S/C16H21FN2O3/c1-3-4-15(18)19-16-12-6-5-11(17)9-13(12)22-10-14(16)21-8-7-20-2/h3,5-6,9,14,16H,1,4,7-8,10H2,2H3,(H2,18,19)/t14-,16-/m0/s1. The number of fused-ring (bicyclic) bond motifs is 1. The van der Waals surface area contributed by atoms with Gasteiger partial charge < -0.3 is 19.9 Å². The average molecular weight is 308 g/mol. The summed E-state index contributed by atoms with van der Waals surface area (Å²) in [6.45, 7) is 4.84. The Morgan fingerprint density at radius 2 is 2.36 bits per heavy atom. The zero-order valence-corrected chi connectivity index (χ0v) is 12.6. The highest BCUT2D eigenvalue weighted by atomic mass is 19.1. The van der Waals surface area contributed by atoms with Crippen molar-refractivity contribution in [2.24, 2.45) is 10.7 Å². The van der Waals surface area contributed by atoms with Crippen molar-refractivity contribution in [2.75, 3.05) is 26.9 Å². The van der Waals surface area contributed by atoms with E-state index in [0.29, 0.717) is 31.2 Å². The lowest BCUT2D eigenvalue weighted by Crippen LogP contribution is -2.34. The van der Waals surface area contributed by atoms with E-state index >= 15 is 0 Å². The summed E-state index contributed by atoms with van der Waals surface area (Å²) in [5.74, 6) is 0.587. The number of rotatable bonds is 7. The lowest BCUT2D eigenvalue weighted by molar-refractivity contribution is -0.0263. The van der Waals surface area contributed by atoms with Gasteiger partial charge in [-0.25, -0.2) is 4.39 Å². The molecule has 0 fully saturated rings. The number of nitrogens with zero attached hydrogens (tertiary/aromatic N) is 1. The maximum Gasteiger partial charge on any atom is 0.127 e. The molecule has 1 aromatic rings. The molecule has 0 saturated heterocycles. The van der Waals surface area contributed by atoms with Gasteiger partial charge in [0.25, 0.3) is 0 Å². The summed E-state index contributed by atoms with van der Waals surface area (Å²) < 4.78 is 29.7. The van der Waals surface area contributed by atoms with Gasteiger partial charge in [0.15, 0.2) is 0 Å². The number of hydrogen-bond donors (Lipinski definition) is 1. The van der Waals surface area contributed by atoms with Crippen LogP contribution in [0.25, 0.3) is 0 Å². The van der Waals surface area contributed by atoms with Crippen molar-refractivity contribution in [2.45, 2.75) is 18.6 Å². The van der Waals surface area contributed by atoms with Gasteiger partial charge in [-0.3, -0.25) is 4.99 Å². The Kier molecular flexibility index (Phi) is 5.91. The van der Waals surface area contributed by atoms with Crippen molar-refractivity contribution >= 4 is 5.84 Å². The highest BCUT2D eigenvalue weighted by Crippen LogP contribution is 2.36. The van der Waals surface area contributed by atoms with Crippen LogP contribution < -0.4 is 10.5 Å². The highest BCUT2D eigenvalue weighted by Gasteiger charge is 2.32. The first-order valence-corrected chi connectivity index (χ1v) is 7.11. The van der Waals surface area contributed by atoms with Gasteiger partial charge in [0.05, 0.1) is 19.0 Å². The first-order valence-electron chi connectivity index (χ1n) is 7.11. The lowest BCUT2D eigenvalue weighted by atomic mass is 9.98. The van der Waals surface area contributed by atoms with Crippen molar-refractivity contribution in [3.63, 3.8) is 0 Å². The van der Waals surface area contributed by atoms with Gasteiger partial charge in [0.1, 0.15) is 30.3 Å². The fraction of sp³-hybridized carbons (Fsp3) is 0.438.